The average molecular weight is 373 g/mol. The lowest BCUT2D eigenvalue weighted by Crippen LogP contribution is -2.35. The van der Waals surface area contributed by atoms with Crippen molar-refractivity contribution in [1.82, 2.24) is 14.5 Å². The van der Waals surface area contributed by atoms with Crippen LogP contribution in [0, 0.1) is 0 Å². The number of carbonyl (C=O) groups excluding carboxylic acids is 2. The first-order chi connectivity index (χ1) is 12.5. The molecule has 0 saturated carbocycles. The maximum atomic E-state index is 12.6. The normalized spacial score (nSPS) is 12.1. The van der Waals surface area contributed by atoms with E-state index in [2.05, 4.69) is 5.32 Å². The summed E-state index contributed by atoms with van der Waals surface area (Å²) in [6.45, 7) is -0.122. The number of fused-ring (bicyclic) bond motifs is 1. The second kappa shape index (κ2) is 7.57. The maximum Gasteiger partial charge on any atom is 0.329 e. The number of nitrogens with one attached hydrogen (secondary N) is 1. The number of imidazole rings is 1. The van der Waals surface area contributed by atoms with Crippen LogP contribution in [0.5, 0.6) is 0 Å². The number of amides is 1. The summed E-state index contributed by atoms with van der Waals surface area (Å²) in [5.74, 6) is -0.753. The molecule has 0 radical (unpaired) electrons. The number of carbonyl (C=O) groups is 2. The molecule has 0 aliphatic carbocycles. The van der Waals surface area contributed by atoms with Gasteiger partial charge in [-0.05, 0) is 23.6 Å². The molecule has 0 saturated heterocycles. The predicted octanol–water partition coefficient (Wildman–Crippen LogP) is 1.82. The van der Waals surface area contributed by atoms with E-state index in [0.29, 0.717) is 5.52 Å². The summed E-state index contributed by atoms with van der Waals surface area (Å²) < 4.78 is 7.65. The second-order valence-electron chi connectivity index (χ2n) is 5.83. The number of rotatable bonds is 6. The quantitative estimate of drug-likeness (QED) is 0.668. The van der Waals surface area contributed by atoms with Gasteiger partial charge in [0.15, 0.2) is 0 Å². The lowest BCUT2D eigenvalue weighted by Gasteiger charge is -2.16. The molecule has 0 bridgehead atoms. The van der Waals surface area contributed by atoms with Gasteiger partial charge >= 0.3 is 11.7 Å². The molecule has 0 unspecified atom stereocenters. The Labute approximate surface area is 153 Å². The number of aryl methyl sites for hydroxylation is 1. The molecule has 0 aliphatic rings. The first-order valence-corrected chi connectivity index (χ1v) is 8.93. The zero-order chi connectivity index (χ0) is 18.7. The van der Waals surface area contributed by atoms with Crippen LogP contribution in [0.2, 0.25) is 0 Å². The van der Waals surface area contributed by atoms with Gasteiger partial charge in [0.05, 0.1) is 30.6 Å². The summed E-state index contributed by atoms with van der Waals surface area (Å²) >= 11 is 1.45. The van der Waals surface area contributed by atoms with Crippen molar-refractivity contribution in [3.63, 3.8) is 0 Å². The Hall–Kier alpha value is -2.87. The summed E-state index contributed by atoms with van der Waals surface area (Å²) in [7, 11) is 2.98. The summed E-state index contributed by atoms with van der Waals surface area (Å²) in [6, 6.07) is 10.5. The van der Waals surface area contributed by atoms with Gasteiger partial charge in [-0.2, -0.15) is 0 Å². The van der Waals surface area contributed by atoms with Crippen molar-refractivity contribution in [2.75, 3.05) is 7.11 Å². The fraction of sp³-hybridized carbons (Fsp3) is 0.278. The van der Waals surface area contributed by atoms with Crippen LogP contribution in [0.25, 0.3) is 11.0 Å². The van der Waals surface area contributed by atoms with Crippen molar-refractivity contribution >= 4 is 34.2 Å². The van der Waals surface area contributed by atoms with Crippen LogP contribution in [0.1, 0.15) is 17.3 Å². The Morgan fingerprint density at radius 1 is 1.19 bits per heavy atom. The second-order valence-corrected chi connectivity index (χ2v) is 6.81. The van der Waals surface area contributed by atoms with Crippen LogP contribution < -0.4 is 11.0 Å². The van der Waals surface area contributed by atoms with E-state index in [-0.39, 0.29) is 24.6 Å². The Morgan fingerprint density at radius 2 is 1.92 bits per heavy atom. The Bertz CT molecular complexity index is 988. The highest BCUT2D eigenvalue weighted by molar-refractivity contribution is 7.10. The number of thiophene rings is 1. The van der Waals surface area contributed by atoms with Crippen molar-refractivity contribution in [2.45, 2.75) is 19.0 Å². The number of para-hydroxylation sites is 2. The molecular formula is C18H19N3O4S. The first kappa shape index (κ1) is 17.9. The molecule has 8 heteroatoms. The fourth-order valence-electron chi connectivity index (χ4n) is 2.86. The van der Waals surface area contributed by atoms with E-state index < -0.39 is 12.0 Å². The summed E-state index contributed by atoms with van der Waals surface area (Å²) in [4.78, 5) is 37.5. The van der Waals surface area contributed by atoms with Crippen molar-refractivity contribution in [3.05, 3.63) is 57.1 Å². The van der Waals surface area contributed by atoms with Gasteiger partial charge in [-0.25, -0.2) is 4.79 Å². The van der Waals surface area contributed by atoms with Gasteiger partial charge in [0.2, 0.25) is 5.91 Å². The Kier molecular flexibility index (Phi) is 5.22. The average Bonchev–Trinajstić information content (AvgIpc) is 3.25. The molecule has 1 atom stereocenters. The molecule has 2 heterocycles. The van der Waals surface area contributed by atoms with Crippen molar-refractivity contribution in [3.8, 4) is 0 Å². The van der Waals surface area contributed by atoms with Gasteiger partial charge in [-0.1, -0.05) is 18.2 Å². The molecule has 1 aromatic carbocycles. The van der Waals surface area contributed by atoms with Crippen LogP contribution in [0.15, 0.2) is 46.6 Å². The molecular weight excluding hydrogens is 354 g/mol. The molecule has 0 spiro atoms. The number of aromatic nitrogens is 2. The van der Waals surface area contributed by atoms with Crippen LogP contribution in [-0.4, -0.2) is 28.1 Å². The molecule has 3 aromatic rings. The highest BCUT2D eigenvalue weighted by atomic mass is 32.1. The van der Waals surface area contributed by atoms with Gasteiger partial charge in [-0.3, -0.25) is 18.7 Å². The third kappa shape index (κ3) is 3.55. The molecule has 136 valence electrons. The molecule has 1 N–H and O–H groups in total. The fourth-order valence-corrected chi connectivity index (χ4v) is 3.64. The van der Waals surface area contributed by atoms with E-state index in [1.165, 1.54) is 27.6 Å². The highest BCUT2D eigenvalue weighted by Gasteiger charge is 2.21. The third-order valence-electron chi connectivity index (χ3n) is 4.17. The van der Waals surface area contributed by atoms with E-state index in [9.17, 15) is 14.4 Å². The molecule has 26 heavy (non-hydrogen) atoms. The van der Waals surface area contributed by atoms with Gasteiger partial charge in [0.25, 0.3) is 0 Å². The standard InChI is InChI=1S/C18H19N3O4S/c1-20-13-6-3-4-7-14(13)21(18(20)24)11-16(22)19-12(10-17(23)25-2)15-8-5-9-26-15/h3-9,12H,10-11H2,1-2H3,(H,19,22)/t12-/m1/s1. The van der Waals surface area contributed by atoms with Crippen LogP contribution in [-0.2, 0) is 27.9 Å². The number of hydrogen-bond acceptors (Lipinski definition) is 5. The summed E-state index contributed by atoms with van der Waals surface area (Å²) in [6.07, 6.45) is 0.0349. The third-order valence-corrected chi connectivity index (χ3v) is 5.16. The summed E-state index contributed by atoms with van der Waals surface area (Å²) in [5, 5.41) is 4.71. The van der Waals surface area contributed by atoms with E-state index >= 15 is 0 Å². The van der Waals surface area contributed by atoms with Gasteiger partial charge < -0.3 is 10.1 Å². The van der Waals surface area contributed by atoms with Crippen molar-refractivity contribution < 1.29 is 14.3 Å². The zero-order valence-electron chi connectivity index (χ0n) is 14.5. The van der Waals surface area contributed by atoms with Crippen LogP contribution in [0.4, 0.5) is 0 Å². The molecule has 0 aliphatic heterocycles. The van der Waals surface area contributed by atoms with Gasteiger partial charge in [0, 0.05) is 11.9 Å². The SMILES string of the molecule is COC(=O)C[C@@H](NC(=O)Cn1c(=O)n(C)c2ccccc21)c1cccs1. The number of methoxy groups -OCH3 is 1. The van der Waals surface area contributed by atoms with E-state index in [0.717, 1.165) is 10.4 Å². The van der Waals surface area contributed by atoms with Gasteiger partial charge in [0.1, 0.15) is 6.54 Å². The smallest absolute Gasteiger partial charge is 0.329 e. The van der Waals surface area contributed by atoms with E-state index in [1.807, 2.05) is 35.7 Å². The minimum atomic E-state index is -0.486. The number of benzene rings is 1. The van der Waals surface area contributed by atoms with Crippen molar-refractivity contribution in [2.24, 2.45) is 7.05 Å². The number of nitrogens with zero attached hydrogens (tertiary/aromatic N) is 2. The lowest BCUT2D eigenvalue weighted by atomic mass is 10.1. The minimum Gasteiger partial charge on any atom is -0.469 e. The Morgan fingerprint density at radius 3 is 2.58 bits per heavy atom. The highest BCUT2D eigenvalue weighted by Crippen LogP contribution is 2.22. The largest absolute Gasteiger partial charge is 0.469 e. The van der Waals surface area contributed by atoms with Crippen molar-refractivity contribution in [1.29, 1.82) is 0 Å². The molecule has 3 rings (SSSR count). The Balaban J connectivity index is 1.82. The summed E-state index contributed by atoms with van der Waals surface area (Å²) in [5.41, 5.74) is 1.19. The van der Waals surface area contributed by atoms with Crippen LogP contribution >= 0.6 is 11.3 Å². The minimum absolute atomic E-state index is 0.0349. The monoisotopic (exact) mass is 373 g/mol. The first-order valence-electron chi connectivity index (χ1n) is 8.05. The lowest BCUT2D eigenvalue weighted by molar-refractivity contribution is -0.141. The van der Waals surface area contributed by atoms with Gasteiger partial charge in [-0.15, -0.1) is 11.3 Å². The molecule has 2 aromatic heterocycles. The zero-order valence-corrected chi connectivity index (χ0v) is 15.3. The van der Waals surface area contributed by atoms with Crippen LogP contribution in [0.3, 0.4) is 0 Å². The molecule has 0 fully saturated rings. The molecule has 1 amide bonds. The maximum absolute atomic E-state index is 12.6. The molecule has 7 nitrogen and oxygen atoms in total. The van der Waals surface area contributed by atoms with E-state index in [1.54, 1.807) is 13.1 Å². The number of ether oxygens (including phenoxy) is 1. The number of esters is 1. The van der Waals surface area contributed by atoms with E-state index in [4.69, 9.17) is 4.74 Å². The number of hydrogen-bond donors (Lipinski definition) is 1. The topological polar surface area (TPSA) is 82.3 Å². The predicted molar refractivity (Wildman–Crippen MR) is 99.0 cm³/mol.